The number of nitriles is 4. The van der Waals surface area contributed by atoms with E-state index in [0.717, 1.165) is 0 Å². The lowest BCUT2D eigenvalue weighted by molar-refractivity contribution is 1.38. The Kier molecular flexibility index (Phi) is 4.82. The van der Waals surface area contributed by atoms with E-state index in [1.165, 1.54) is 33.9 Å². The molecular formula is C22H11N5. The number of hydrogen-bond acceptors (Lipinski definition) is 4. The molecule has 5 nitrogen and oxygen atoms in total. The molecule has 0 aliphatic carbocycles. The van der Waals surface area contributed by atoms with Crippen LogP contribution in [0.5, 0.6) is 0 Å². The third-order valence-electron chi connectivity index (χ3n) is 4.05. The van der Waals surface area contributed by atoms with E-state index in [1.807, 2.05) is 0 Å². The molecule has 0 saturated heterocycles. The van der Waals surface area contributed by atoms with Crippen LogP contribution in [0.1, 0.15) is 22.3 Å². The molecule has 1 N–H and O–H groups in total. The lowest BCUT2D eigenvalue weighted by Crippen LogP contribution is -1.90. The van der Waals surface area contributed by atoms with Crippen molar-refractivity contribution in [3.63, 3.8) is 0 Å². The van der Waals surface area contributed by atoms with Gasteiger partial charge in [-0.05, 0) is 24.3 Å². The van der Waals surface area contributed by atoms with Crippen molar-refractivity contribution in [1.29, 1.82) is 21.0 Å². The highest BCUT2D eigenvalue weighted by Crippen LogP contribution is 2.24. The summed E-state index contributed by atoms with van der Waals surface area (Å²) in [4.78, 5) is 3.38. The van der Waals surface area contributed by atoms with E-state index < -0.39 is 0 Å². The smallest absolute Gasteiger partial charge is 0.101 e. The van der Waals surface area contributed by atoms with Gasteiger partial charge in [-0.2, -0.15) is 21.0 Å². The van der Waals surface area contributed by atoms with Gasteiger partial charge in [0.25, 0.3) is 0 Å². The Morgan fingerprint density at radius 3 is 1.19 bits per heavy atom. The van der Waals surface area contributed by atoms with Gasteiger partial charge in [0.2, 0.25) is 0 Å². The summed E-state index contributed by atoms with van der Waals surface area (Å²) in [6.07, 6.45) is 0. The highest BCUT2D eigenvalue weighted by atomic mass is 14.7. The number of hydrogen-bond donors (Lipinski definition) is 1. The Morgan fingerprint density at radius 1 is 0.519 bits per heavy atom. The molecule has 4 aromatic rings. The van der Waals surface area contributed by atoms with E-state index in [9.17, 15) is 0 Å². The first-order valence-electron chi connectivity index (χ1n) is 7.95. The third-order valence-corrected chi connectivity index (χ3v) is 4.05. The van der Waals surface area contributed by atoms with Gasteiger partial charge in [-0.3, -0.25) is 0 Å². The first-order chi connectivity index (χ1) is 13.2. The number of rotatable bonds is 0. The number of nitrogens with zero attached hydrogens (tertiary/aromatic N) is 4. The number of aromatic nitrogens is 1. The quantitative estimate of drug-likeness (QED) is 0.506. The second kappa shape index (κ2) is 7.54. The maximum Gasteiger partial charge on any atom is 0.101 e. The Morgan fingerprint density at radius 2 is 0.852 bits per heavy atom. The molecule has 0 bridgehead atoms. The molecule has 0 aliphatic heterocycles. The third kappa shape index (κ3) is 3.31. The number of nitrogens with one attached hydrogen (secondary N) is 1. The molecule has 0 spiro atoms. The van der Waals surface area contributed by atoms with Crippen LogP contribution in [0.25, 0.3) is 21.8 Å². The molecule has 4 rings (SSSR count). The van der Waals surface area contributed by atoms with Crippen molar-refractivity contribution in [3.8, 4) is 24.3 Å². The van der Waals surface area contributed by atoms with Crippen LogP contribution < -0.4 is 0 Å². The fraction of sp³-hybridized carbons (Fsp3) is 0. The number of fused-ring (bicyclic) bond motifs is 3. The van der Waals surface area contributed by atoms with Gasteiger partial charge in [-0.1, -0.05) is 36.4 Å². The van der Waals surface area contributed by atoms with Gasteiger partial charge in [0.1, 0.15) is 24.3 Å². The van der Waals surface area contributed by atoms with E-state index in [1.54, 1.807) is 24.3 Å². The van der Waals surface area contributed by atoms with Crippen LogP contribution in [0.4, 0.5) is 0 Å². The van der Waals surface area contributed by atoms with Gasteiger partial charge in [-0.25, -0.2) is 0 Å². The number of benzene rings is 3. The number of aromatic amines is 1. The van der Waals surface area contributed by atoms with Gasteiger partial charge in [-0.15, -0.1) is 0 Å². The summed E-state index contributed by atoms with van der Waals surface area (Å²) in [7, 11) is 0. The Bertz CT molecular complexity index is 1170. The van der Waals surface area contributed by atoms with E-state index in [0.29, 0.717) is 0 Å². The van der Waals surface area contributed by atoms with Crippen LogP contribution in [0, 0.1) is 45.3 Å². The molecular weight excluding hydrogens is 334 g/mol. The second-order valence-electron chi connectivity index (χ2n) is 5.61. The first-order valence-corrected chi connectivity index (χ1v) is 7.95. The minimum atomic E-state index is 0.114. The van der Waals surface area contributed by atoms with Gasteiger partial charge in [0.15, 0.2) is 0 Å². The molecule has 0 unspecified atom stereocenters. The van der Waals surface area contributed by atoms with Crippen molar-refractivity contribution >= 4 is 21.8 Å². The average molecular weight is 345 g/mol. The Labute approximate surface area is 155 Å². The average Bonchev–Trinajstić information content (AvgIpc) is 3.11. The zero-order valence-electron chi connectivity index (χ0n) is 14.1. The van der Waals surface area contributed by atoms with Crippen LogP contribution >= 0.6 is 0 Å². The minimum absolute atomic E-state index is 0.114. The number of para-hydroxylation sites is 2. The van der Waals surface area contributed by atoms with E-state index in [-0.39, 0.29) is 22.3 Å². The van der Waals surface area contributed by atoms with Crippen LogP contribution in [-0.2, 0) is 0 Å². The molecule has 0 fully saturated rings. The van der Waals surface area contributed by atoms with E-state index in [4.69, 9.17) is 21.0 Å². The largest absolute Gasteiger partial charge is 0.355 e. The first kappa shape index (κ1) is 17.2. The molecule has 0 amide bonds. The van der Waals surface area contributed by atoms with Crippen molar-refractivity contribution in [1.82, 2.24) is 4.98 Å². The van der Waals surface area contributed by atoms with Gasteiger partial charge < -0.3 is 4.98 Å². The van der Waals surface area contributed by atoms with Crippen molar-refractivity contribution < 1.29 is 0 Å². The Hall–Kier alpha value is -4.58. The van der Waals surface area contributed by atoms with Crippen molar-refractivity contribution in [2.45, 2.75) is 0 Å². The van der Waals surface area contributed by atoms with Crippen LogP contribution in [0.3, 0.4) is 0 Å². The molecule has 27 heavy (non-hydrogen) atoms. The summed E-state index contributed by atoms with van der Waals surface area (Å²) >= 11 is 0. The molecule has 1 heterocycles. The fourth-order valence-electron chi connectivity index (χ4n) is 2.77. The van der Waals surface area contributed by atoms with Crippen molar-refractivity contribution in [2.24, 2.45) is 0 Å². The molecule has 3 aromatic carbocycles. The molecule has 5 heteroatoms. The van der Waals surface area contributed by atoms with E-state index in [2.05, 4.69) is 53.5 Å². The molecule has 124 valence electrons. The zero-order chi connectivity index (χ0) is 19.2. The van der Waals surface area contributed by atoms with E-state index >= 15 is 0 Å². The second-order valence-corrected chi connectivity index (χ2v) is 5.61. The van der Waals surface area contributed by atoms with Gasteiger partial charge >= 0.3 is 0 Å². The number of H-pyrrole nitrogens is 1. The van der Waals surface area contributed by atoms with Gasteiger partial charge in [0.05, 0.1) is 22.3 Å². The summed E-state index contributed by atoms with van der Waals surface area (Å²) in [5.41, 5.74) is 2.88. The maximum atomic E-state index is 8.64. The summed E-state index contributed by atoms with van der Waals surface area (Å²) < 4.78 is 0. The topological polar surface area (TPSA) is 111 Å². The van der Waals surface area contributed by atoms with Crippen LogP contribution in [0.15, 0.2) is 60.7 Å². The molecule has 0 saturated carbocycles. The predicted molar refractivity (Wildman–Crippen MR) is 101 cm³/mol. The summed E-state index contributed by atoms with van der Waals surface area (Å²) in [6, 6.07) is 26.4. The molecule has 0 radical (unpaired) electrons. The predicted octanol–water partition coefficient (Wildman–Crippen LogP) is 4.49. The van der Waals surface area contributed by atoms with Crippen molar-refractivity contribution in [3.05, 3.63) is 82.9 Å². The summed E-state index contributed by atoms with van der Waals surface area (Å²) in [5, 5.41) is 37.2. The maximum absolute atomic E-state index is 8.64. The van der Waals surface area contributed by atoms with Gasteiger partial charge in [0, 0.05) is 21.8 Å². The molecule has 0 atom stereocenters. The van der Waals surface area contributed by atoms with Crippen LogP contribution in [-0.4, -0.2) is 4.98 Å². The molecule has 1 aromatic heterocycles. The summed E-state index contributed by atoms with van der Waals surface area (Å²) in [5.74, 6) is 0. The monoisotopic (exact) mass is 345 g/mol. The summed E-state index contributed by atoms with van der Waals surface area (Å²) in [6.45, 7) is 0. The highest BCUT2D eigenvalue weighted by molar-refractivity contribution is 6.06. The SMILES string of the molecule is N#Cc1cc(C#N)c(C#N)cc1C#N.c1ccc2c(c1)[nH]c1ccccc12. The molecule has 0 aliphatic rings. The van der Waals surface area contributed by atoms with Crippen LogP contribution in [0.2, 0.25) is 0 Å². The highest BCUT2D eigenvalue weighted by Gasteiger charge is 2.08. The standard InChI is InChI=1S/C12H9N.C10H2N4/c1-3-7-11-9(5-1)10-6-2-4-8-12(10)13-11;11-3-7-1-8(4-12)10(6-14)2-9(7)5-13/h1-8,13H;1-2H. The lowest BCUT2D eigenvalue weighted by atomic mass is 10.0. The fourth-order valence-corrected chi connectivity index (χ4v) is 2.77. The Balaban J connectivity index is 0.000000156. The zero-order valence-corrected chi connectivity index (χ0v) is 14.1. The minimum Gasteiger partial charge on any atom is -0.355 e. The lowest BCUT2D eigenvalue weighted by Gasteiger charge is -1.96. The normalized spacial score (nSPS) is 9.33. The van der Waals surface area contributed by atoms with Crippen molar-refractivity contribution in [2.75, 3.05) is 0 Å².